The molecule has 0 radical (unpaired) electrons. The molecule has 1 atom stereocenters. The Hall–Kier alpha value is -1.84. The van der Waals surface area contributed by atoms with Gasteiger partial charge in [0.2, 0.25) is 5.91 Å². The third-order valence-corrected chi connectivity index (χ3v) is 2.84. The Morgan fingerprint density at radius 1 is 1.22 bits per heavy atom. The van der Waals surface area contributed by atoms with E-state index in [1.165, 1.54) is 11.9 Å². The largest absolute Gasteiger partial charge is 0.480 e. The Balaban J connectivity index is 2.93. The van der Waals surface area contributed by atoms with E-state index in [9.17, 15) is 9.59 Å². The van der Waals surface area contributed by atoms with Crippen molar-refractivity contribution in [2.45, 2.75) is 19.8 Å². The highest BCUT2D eigenvalue weighted by Crippen LogP contribution is 2.26. The lowest BCUT2D eigenvalue weighted by atomic mass is 9.87. The molecule has 4 heteroatoms. The van der Waals surface area contributed by atoms with E-state index in [1.54, 1.807) is 0 Å². The lowest BCUT2D eigenvalue weighted by Crippen LogP contribution is -2.37. The number of hydrogen-bond acceptors (Lipinski definition) is 2. The number of amides is 1. The van der Waals surface area contributed by atoms with E-state index in [-0.39, 0.29) is 24.3 Å². The van der Waals surface area contributed by atoms with Crippen molar-refractivity contribution in [3.63, 3.8) is 0 Å². The molecule has 0 fully saturated rings. The van der Waals surface area contributed by atoms with Gasteiger partial charge in [0.25, 0.3) is 0 Å². The van der Waals surface area contributed by atoms with Crippen LogP contribution in [0.4, 0.5) is 0 Å². The molecule has 18 heavy (non-hydrogen) atoms. The Labute approximate surface area is 107 Å². The maximum atomic E-state index is 12.3. The molecule has 0 saturated carbocycles. The van der Waals surface area contributed by atoms with Crippen molar-refractivity contribution >= 4 is 11.9 Å². The number of nitrogens with zero attached hydrogens (tertiary/aromatic N) is 1. The number of carboxylic acids is 1. The number of hydrogen-bond donors (Lipinski definition) is 1. The number of carbonyl (C=O) groups excluding carboxylic acids is 1. The van der Waals surface area contributed by atoms with Gasteiger partial charge in [-0.05, 0) is 11.5 Å². The van der Waals surface area contributed by atoms with E-state index in [0.717, 1.165) is 5.56 Å². The summed E-state index contributed by atoms with van der Waals surface area (Å²) in [6.45, 7) is 3.66. The minimum absolute atomic E-state index is 0.121. The second kappa shape index (κ2) is 6.19. The van der Waals surface area contributed by atoms with Gasteiger partial charge in [-0.15, -0.1) is 0 Å². The van der Waals surface area contributed by atoms with Gasteiger partial charge in [-0.1, -0.05) is 44.2 Å². The molecule has 1 N–H and O–H groups in total. The molecular formula is C14H19NO3. The van der Waals surface area contributed by atoms with Gasteiger partial charge in [0, 0.05) is 7.05 Å². The summed E-state index contributed by atoms with van der Waals surface area (Å²) in [7, 11) is 1.52. The van der Waals surface area contributed by atoms with Crippen LogP contribution in [0.5, 0.6) is 0 Å². The van der Waals surface area contributed by atoms with E-state index in [1.807, 2.05) is 44.2 Å². The van der Waals surface area contributed by atoms with Crippen LogP contribution in [0.25, 0.3) is 0 Å². The van der Waals surface area contributed by atoms with E-state index in [2.05, 4.69) is 0 Å². The van der Waals surface area contributed by atoms with Crippen molar-refractivity contribution in [3.8, 4) is 0 Å². The van der Waals surface area contributed by atoms with Crippen LogP contribution in [-0.4, -0.2) is 35.5 Å². The molecule has 0 spiro atoms. The monoisotopic (exact) mass is 249 g/mol. The van der Waals surface area contributed by atoms with E-state index >= 15 is 0 Å². The number of carbonyl (C=O) groups is 2. The zero-order valence-electron chi connectivity index (χ0n) is 11.0. The van der Waals surface area contributed by atoms with Crippen LogP contribution in [0.2, 0.25) is 0 Å². The molecule has 4 nitrogen and oxygen atoms in total. The van der Waals surface area contributed by atoms with Crippen LogP contribution < -0.4 is 0 Å². The number of aliphatic carboxylic acids is 1. The van der Waals surface area contributed by atoms with Gasteiger partial charge in [0.05, 0.1) is 5.92 Å². The topological polar surface area (TPSA) is 57.6 Å². The maximum Gasteiger partial charge on any atom is 0.323 e. The zero-order valence-corrected chi connectivity index (χ0v) is 11.0. The fraction of sp³-hybridized carbons (Fsp3) is 0.429. The number of likely N-dealkylation sites (N-methyl/N-ethyl adjacent to an activating group) is 1. The van der Waals surface area contributed by atoms with Gasteiger partial charge in [-0.25, -0.2) is 0 Å². The number of rotatable bonds is 5. The molecule has 0 heterocycles. The van der Waals surface area contributed by atoms with Gasteiger partial charge < -0.3 is 10.0 Å². The lowest BCUT2D eigenvalue weighted by molar-refractivity contribution is -0.144. The molecule has 0 saturated heterocycles. The minimum atomic E-state index is -0.999. The highest BCUT2D eigenvalue weighted by atomic mass is 16.4. The van der Waals surface area contributed by atoms with Gasteiger partial charge in [-0.2, -0.15) is 0 Å². The number of benzene rings is 1. The summed E-state index contributed by atoms with van der Waals surface area (Å²) in [5.41, 5.74) is 0.926. The lowest BCUT2D eigenvalue weighted by Gasteiger charge is -2.25. The molecule has 0 aliphatic heterocycles. The first-order chi connectivity index (χ1) is 8.43. The summed E-state index contributed by atoms with van der Waals surface area (Å²) < 4.78 is 0. The van der Waals surface area contributed by atoms with E-state index in [4.69, 9.17) is 5.11 Å². The molecule has 1 aromatic carbocycles. The highest BCUT2D eigenvalue weighted by molar-refractivity contribution is 5.86. The third-order valence-electron chi connectivity index (χ3n) is 2.84. The summed E-state index contributed by atoms with van der Waals surface area (Å²) in [6, 6.07) is 9.46. The Morgan fingerprint density at radius 3 is 2.22 bits per heavy atom. The van der Waals surface area contributed by atoms with Crippen LogP contribution in [-0.2, 0) is 9.59 Å². The molecule has 0 aliphatic rings. The second-order valence-corrected chi connectivity index (χ2v) is 4.72. The van der Waals surface area contributed by atoms with Gasteiger partial charge in [0.15, 0.2) is 0 Å². The summed E-state index contributed by atoms with van der Waals surface area (Å²) in [6.07, 6.45) is 0. The maximum absolute atomic E-state index is 12.3. The fourth-order valence-corrected chi connectivity index (χ4v) is 1.99. The predicted molar refractivity (Wildman–Crippen MR) is 69.3 cm³/mol. The first-order valence-electron chi connectivity index (χ1n) is 5.95. The standard InChI is InChI=1S/C14H19NO3/c1-10(2)13(11-7-5-4-6-8-11)14(18)15(3)9-12(16)17/h4-8,10,13H,9H2,1-3H3,(H,16,17). The Bertz CT molecular complexity index is 414. The van der Waals surface area contributed by atoms with Crippen LogP contribution in [0.15, 0.2) is 30.3 Å². The molecular weight excluding hydrogens is 230 g/mol. The summed E-state index contributed by atoms with van der Waals surface area (Å²) in [5.74, 6) is -1.33. The molecule has 98 valence electrons. The van der Waals surface area contributed by atoms with Crippen molar-refractivity contribution in [2.24, 2.45) is 5.92 Å². The Morgan fingerprint density at radius 2 is 1.78 bits per heavy atom. The minimum Gasteiger partial charge on any atom is -0.480 e. The number of carboxylic acid groups (broad SMARTS) is 1. The average Bonchev–Trinajstić information content (AvgIpc) is 2.29. The molecule has 0 bridgehead atoms. The molecule has 1 unspecified atom stereocenters. The van der Waals surface area contributed by atoms with Crippen molar-refractivity contribution in [1.29, 1.82) is 0 Å². The van der Waals surface area contributed by atoms with Crippen LogP contribution in [0.3, 0.4) is 0 Å². The smallest absolute Gasteiger partial charge is 0.323 e. The first kappa shape index (κ1) is 14.2. The third kappa shape index (κ3) is 3.58. The molecule has 1 aromatic rings. The van der Waals surface area contributed by atoms with Gasteiger partial charge >= 0.3 is 5.97 Å². The van der Waals surface area contributed by atoms with Gasteiger partial charge in [-0.3, -0.25) is 9.59 Å². The van der Waals surface area contributed by atoms with E-state index in [0.29, 0.717) is 0 Å². The highest BCUT2D eigenvalue weighted by Gasteiger charge is 2.27. The average molecular weight is 249 g/mol. The summed E-state index contributed by atoms with van der Waals surface area (Å²) >= 11 is 0. The van der Waals surface area contributed by atoms with E-state index < -0.39 is 5.97 Å². The summed E-state index contributed by atoms with van der Waals surface area (Å²) in [4.78, 5) is 24.2. The Kier molecular flexibility index (Phi) is 4.89. The molecule has 1 rings (SSSR count). The van der Waals surface area contributed by atoms with Gasteiger partial charge in [0.1, 0.15) is 6.54 Å². The molecule has 1 amide bonds. The molecule has 0 aliphatic carbocycles. The van der Waals surface area contributed by atoms with Crippen molar-refractivity contribution in [1.82, 2.24) is 4.90 Å². The summed E-state index contributed by atoms with van der Waals surface area (Å²) in [5, 5.41) is 8.73. The normalized spacial score (nSPS) is 12.2. The van der Waals surface area contributed by atoms with Crippen LogP contribution in [0, 0.1) is 5.92 Å². The van der Waals surface area contributed by atoms with Crippen LogP contribution in [0.1, 0.15) is 25.3 Å². The quantitative estimate of drug-likeness (QED) is 0.868. The van der Waals surface area contributed by atoms with Crippen molar-refractivity contribution in [2.75, 3.05) is 13.6 Å². The van der Waals surface area contributed by atoms with Crippen LogP contribution >= 0.6 is 0 Å². The zero-order chi connectivity index (χ0) is 13.7. The predicted octanol–water partition coefficient (Wildman–Crippen LogP) is 1.97. The fourth-order valence-electron chi connectivity index (χ4n) is 1.99. The molecule has 0 aromatic heterocycles. The van der Waals surface area contributed by atoms with Crippen molar-refractivity contribution < 1.29 is 14.7 Å². The first-order valence-corrected chi connectivity index (χ1v) is 5.95. The van der Waals surface area contributed by atoms with Crippen molar-refractivity contribution in [3.05, 3.63) is 35.9 Å². The second-order valence-electron chi connectivity index (χ2n) is 4.72. The SMILES string of the molecule is CC(C)C(C(=O)N(C)CC(=O)O)c1ccccc1.